The van der Waals surface area contributed by atoms with E-state index in [9.17, 15) is 4.79 Å². The number of benzene rings is 1. The summed E-state index contributed by atoms with van der Waals surface area (Å²) in [4.78, 5) is 11.1. The van der Waals surface area contributed by atoms with Crippen LogP contribution in [0, 0.1) is 18.8 Å². The van der Waals surface area contributed by atoms with Crippen LogP contribution in [0.2, 0.25) is 0 Å². The maximum absolute atomic E-state index is 11.1. The van der Waals surface area contributed by atoms with E-state index in [0.29, 0.717) is 6.61 Å². The molecule has 1 saturated carbocycles. The largest absolute Gasteiger partial charge is 0.481 e. The zero-order valence-corrected chi connectivity index (χ0v) is 12.2. The topological polar surface area (TPSA) is 46.5 Å². The summed E-state index contributed by atoms with van der Waals surface area (Å²) in [6.07, 6.45) is 3.79. The zero-order chi connectivity index (χ0) is 14.3. The van der Waals surface area contributed by atoms with Crippen LogP contribution in [0.1, 0.15) is 49.3 Å². The van der Waals surface area contributed by atoms with E-state index in [1.165, 1.54) is 16.7 Å². The van der Waals surface area contributed by atoms with Crippen LogP contribution in [-0.4, -0.2) is 11.1 Å². The molecular formula is C17H22O3. The number of ether oxygens (including phenoxy) is 1. The van der Waals surface area contributed by atoms with E-state index in [1.807, 2.05) is 6.92 Å². The normalized spacial score (nSPS) is 30.2. The van der Waals surface area contributed by atoms with Gasteiger partial charge in [-0.05, 0) is 55.2 Å². The van der Waals surface area contributed by atoms with Gasteiger partial charge in [0.2, 0.25) is 0 Å². The predicted octanol–water partition coefficient (Wildman–Crippen LogP) is 3.63. The van der Waals surface area contributed by atoms with Gasteiger partial charge in [-0.15, -0.1) is 0 Å². The highest BCUT2D eigenvalue weighted by molar-refractivity contribution is 5.69. The number of fused-ring (bicyclic) bond motifs is 2. The molecule has 1 unspecified atom stereocenters. The SMILES string of the molecule is Cc1cccc2c1[C@]1(CC[C@H](C(C)C(=O)O)CC1)OC2. The van der Waals surface area contributed by atoms with Gasteiger partial charge in [-0.1, -0.05) is 25.1 Å². The number of hydrogen-bond donors (Lipinski definition) is 1. The predicted molar refractivity (Wildman–Crippen MR) is 76.4 cm³/mol. The van der Waals surface area contributed by atoms with Crippen molar-refractivity contribution in [2.24, 2.45) is 11.8 Å². The van der Waals surface area contributed by atoms with E-state index in [0.717, 1.165) is 25.7 Å². The van der Waals surface area contributed by atoms with Crippen molar-refractivity contribution in [1.82, 2.24) is 0 Å². The Morgan fingerprint density at radius 1 is 1.40 bits per heavy atom. The third kappa shape index (κ3) is 2.05. The summed E-state index contributed by atoms with van der Waals surface area (Å²) >= 11 is 0. The summed E-state index contributed by atoms with van der Waals surface area (Å²) in [5.74, 6) is -0.630. The third-order valence-corrected chi connectivity index (χ3v) is 5.25. The lowest BCUT2D eigenvalue weighted by Gasteiger charge is -2.39. The van der Waals surface area contributed by atoms with Crippen LogP contribution in [0.3, 0.4) is 0 Å². The molecule has 108 valence electrons. The highest BCUT2D eigenvalue weighted by atomic mass is 16.5. The van der Waals surface area contributed by atoms with Crippen molar-refractivity contribution >= 4 is 5.97 Å². The fraction of sp³-hybridized carbons (Fsp3) is 0.588. The second-order valence-electron chi connectivity index (χ2n) is 6.36. The standard InChI is InChI=1S/C17H22O3/c1-11-4-3-5-14-10-20-17(15(11)14)8-6-13(7-9-17)12(2)16(18)19/h3-5,12-13H,6-10H2,1-2H3,(H,18,19)/t12?,13-,17+. The molecule has 1 N–H and O–H groups in total. The number of aliphatic carboxylic acids is 1. The van der Waals surface area contributed by atoms with Crippen molar-refractivity contribution in [3.05, 3.63) is 34.9 Å². The molecule has 1 heterocycles. The summed E-state index contributed by atoms with van der Waals surface area (Å²) in [6.45, 7) is 4.69. The van der Waals surface area contributed by atoms with E-state index in [2.05, 4.69) is 25.1 Å². The van der Waals surface area contributed by atoms with E-state index < -0.39 is 5.97 Å². The van der Waals surface area contributed by atoms with Crippen LogP contribution >= 0.6 is 0 Å². The highest BCUT2D eigenvalue weighted by Gasteiger charge is 2.45. The molecule has 0 bridgehead atoms. The fourth-order valence-corrected chi connectivity index (χ4v) is 3.99. The van der Waals surface area contributed by atoms with Gasteiger partial charge in [-0.3, -0.25) is 4.79 Å². The maximum atomic E-state index is 11.1. The van der Waals surface area contributed by atoms with Gasteiger partial charge in [-0.2, -0.15) is 0 Å². The van der Waals surface area contributed by atoms with Crippen LogP contribution < -0.4 is 0 Å². The first kappa shape index (κ1) is 13.6. The average molecular weight is 274 g/mol. The van der Waals surface area contributed by atoms with E-state index in [-0.39, 0.29) is 17.4 Å². The molecule has 1 fully saturated rings. The molecule has 1 aromatic rings. The summed E-state index contributed by atoms with van der Waals surface area (Å²) in [5.41, 5.74) is 3.86. The van der Waals surface area contributed by atoms with Crippen molar-refractivity contribution in [1.29, 1.82) is 0 Å². The Morgan fingerprint density at radius 2 is 2.10 bits per heavy atom. The van der Waals surface area contributed by atoms with E-state index in [1.54, 1.807) is 0 Å². The Bertz CT molecular complexity index is 527. The van der Waals surface area contributed by atoms with Crippen LogP contribution in [0.25, 0.3) is 0 Å². The molecule has 1 spiro atoms. The van der Waals surface area contributed by atoms with Crippen molar-refractivity contribution in [3.63, 3.8) is 0 Å². The average Bonchev–Trinajstić information content (AvgIpc) is 2.79. The number of carboxylic acid groups (broad SMARTS) is 1. The molecule has 3 heteroatoms. The van der Waals surface area contributed by atoms with E-state index in [4.69, 9.17) is 9.84 Å². The monoisotopic (exact) mass is 274 g/mol. The minimum Gasteiger partial charge on any atom is -0.481 e. The lowest BCUT2D eigenvalue weighted by Crippen LogP contribution is -2.35. The summed E-state index contributed by atoms with van der Waals surface area (Å²) in [5, 5.41) is 9.16. The molecule has 0 radical (unpaired) electrons. The second kappa shape index (κ2) is 4.88. The first-order valence-corrected chi connectivity index (χ1v) is 7.49. The highest BCUT2D eigenvalue weighted by Crippen LogP contribution is 2.50. The summed E-state index contributed by atoms with van der Waals surface area (Å²) in [6, 6.07) is 6.40. The Hall–Kier alpha value is -1.35. The molecule has 1 aliphatic carbocycles. The number of carbonyl (C=O) groups is 1. The molecule has 1 aromatic carbocycles. The van der Waals surface area contributed by atoms with Gasteiger partial charge in [0, 0.05) is 0 Å². The lowest BCUT2D eigenvalue weighted by molar-refractivity contribution is -0.145. The van der Waals surface area contributed by atoms with Gasteiger partial charge in [-0.25, -0.2) is 0 Å². The van der Waals surface area contributed by atoms with E-state index >= 15 is 0 Å². The van der Waals surface area contributed by atoms with Crippen LogP contribution in [0.4, 0.5) is 0 Å². The number of carboxylic acids is 1. The number of aryl methyl sites for hydroxylation is 1. The molecule has 0 saturated heterocycles. The summed E-state index contributed by atoms with van der Waals surface area (Å²) < 4.78 is 6.17. The molecule has 2 aliphatic rings. The van der Waals surface area contributed by atoms with Gasteiger partial charge >= 0.3 is 5.97 Å². The van der Waals surface area contributed by atoms with Crippen molar-refractivity contribution in [3.8, 4) is 0 Å². The molecule has 1 atom stereocenters. The van der Waals surface area contributed by atoms with Crippen molar-refractivity contribution in [2.45, 2.75) is 51.7 Å². The Kier molecular flexibility index (Phi) is 3.33. The van der Waals surface area contributed by atoms with Gasteiger partial charge in [0.1, 0.15) is 0 Å². The van der Waals surface area contributed by atoms with Crippen molar-refractivity contribution in [2.75, 3.05) is 0 Å². The molecule has 3 nitrogen and oxygen atoms in total. The fourth-order valence-electron chi connectivity index (χ4n) is 3.99. The number of rotatable bonds is 2. The molecular weight excluding hydrogens is 252 g/mol. The quantitative estimate of drug-likeness (QED) is 0.895. The Morgan fingerprint density at radius 3 is 2.75 bits per heavy atom. The first-order chi connectivity index (χ1) is 9.53. The van der Waals surface area contributed by atoms with Gasteiger partial charge in [0.25, 0.3) is 0 Å². The Balaban J connectivity index is 1.81. The Labute approximate surface area is 120 Å². The molecule has 1 aliphatic heterocycles. The van der Waals surface area contributed by atoms with Crippen LogP contribution in [0.5, 0.6) is 0 Å². The zero-order valence-electron chi connectivity index (χ0n) is 12.2. The minimum atomic E-state index is -0.671. The molecule has 0 aromatic heterocycles. The minimum absolute atomic E-state index is 0.143. The lowest BCUT2D eigenvalue weighted by atomic mass is 9.70. The van der Waals surface area contributed by atoms with Gasteiger partial charge < -0.3 is 9.84 Å². The first-order valence-electron chi connectivity index (χ1n) is 7.49. The summed E-state index contributed by atoms with van der Waals surface area (Å²) in [7, 11) is 0. The molecule has 0 amide bonds. The van der Waals surface area contributed by atoms with Crippen molar-refractivity contribution < 1.29 is 14.6 Å². The van der Waals surface area contributed by atoms with Crippen LogP contribution in [0.15, 0.2) is 18.2 Å². The molecule has 20 heavy (non-hydrogen) atoms. The smallest absolute Gasteiger partial charge is 0.306 e. The van der Waals surface area contributed by atoms with Gasteiger partial charge in [0.15, 0.2) is 0 Å². The second-order valence-corrected chi connectivity index (χ2v) is 6.36. The third-order valence-electron chi connectivity index (χ3n) is 5.25. The van der Waals surface area contributed by atoms with Crippen LogP contribution in [-0.2, 0) is 21.7 Å². The number of hydrogen-bond acceptors (Lipinski definition) is 2. The maximum Gasteiger partial charge on any atom is 0.306 e. The van der Waals surface area contributed by atoms with Gasteiger partial charge in [0.05, 0.1) is 18.1 Å². The molecule has 3 rings (SSSR count).